The predicted octanol–water partition coefficient (Wildman–Crippen LogP) is 7.33. The Morgan fingerprint density at radius 2 is 1.51 bits per heavy atom. The zero-order valence-electron chi connectivity index (χ0n) is 19.6. The molecule has 5 aromatic heterocycles. The second-order valence-corrected chi connectivity index (χ2v) is 8.99. The fourth-order valence-electron chi connectivity index (χ4n) is 5.33. The maximum absolute atomic E-state index is 5.80. The number of hydrogen-bond donors (Lipinski definition) is 0. The zero-order chi connectivity index (χ0) is 24.3. The van der Waals surface area contributed by atoms with Crippen LogP contribution in [0.2, 0.25) is 0 Å². The van der Waals surface area contributed by atoms with Crippen LogP contribution in [0.3, 0.4) is 0 Å². The van der Waals surface area contributed by atoms with Crippen LogP contribution in [0.5, 0.6) is 0 Å². The number of hydrogen-bond acceptors (Lipinski definition) is 4. The van der Waals surface area contributed by atoms with Crippen LogP contribution in [0.25, 0.3) is 66.8 Å². The summed E-state index contributed by atoms with van der Waals surface area (Å²) >= 11 is 0. The maximum Gasteiger partial charge on any atom is 0.236 e. The smallest absolute Gasteiger partial charge is 0.236 e. The van der Waals surface area contributed by atoms with Crippen LogP contribution in [-0.4, -0.2) is 24.1 Å². The van der Waals surface area contributed by atoms with Gasteiger partial charge in [-0.3, -0.25) is 9.55 Å². The highest BCUT2D eigenvalue weighted by atomic mass is 16.3. The fourth-order valence-corrected chi connectivity index (χ4v) is 5.33. The first-order valence-electron chi connectivity index (χ1n) is 12.1. The molecular weight excluding hydrogens is 458 g/mol. The van der Waals surface area contributed by atoms with Crippen LogP contribution in [-0.2, 0) is 0 Å². The van der Waals surface area contributed by atoms with Gasteiger partial charge in [0.2, 0.25) is 5.95 Å². The van der Waals surface area contributed by atoms with Crippen LogP contribution in [0.15, 0.2) is 120 Å². The summed E-state index contributed by atoms with van der Waals surface area (Å²) in [6.07, 6.45) is 5.54. The molecular formula is C31H19N5O. The van der Waals surface area contributed by atoms with Crippen molar-refractivity contribution in [2.45, 2.75) is 0 Å². The van der Waals surface area contributed by atoms with E-state index >= 15 is 0 Å². The third-order valence-corrected chi connectivity index (χ3v) is 6.94. The van der Waals surface area contributed by atoms with E-state index in [0.29, 0.717) is 17.2 Å². The summed E-state index contributed by atoms with van der Waals surface area (Å²) in [5.41, 5.74) is 7.15. The minimum Gasteiger partial charge on any atom is -0.460 e. The average molecular weight is 478 g/mol. The Hall–Kier alpha value is -5.23. The number of fused-ring (bicyclic) bond motifs is 6. The van der Waals surface area contributed by atoms with E-state index in [4.69, 9.17) is 14.4 Å². The molecule has 0 spiro atoms. The monoisotopic (exact) mass is 477 g/mol. The number of rotatable bonds is 3. The Labute approximate surface area is 211 Å². The van der Waals surface area contributed by atoms with Crippen molar-refractivity contribution >= 4 is 43.8 Å². The molecule has 174 valence electrons. The molecule has 0 amide bonds. The van der Waals surface area contributed by atoms with Gasteiger partial charge in [0.05, 0.1) is 28.5 Å². The van der Waals surface area contributed by atoms with E-state index in [1.165, 1.54) is 0 Å². The van der Waals surface area contributed by atoms with Gasteiger partial charge in [-0.2, -0.15) is 0 Å². The SMILES string of the molecule is c1ccc(-n2ccc3c2ccc2c4ccccc4n(-c4nc(-c5ccccn5)c5occc5n4)c23)cc1. The highest BCUT2D eigenvalue weighted by Gasteiger charge is 2.21. The highest BCUT2D eigenvalue weighted by molar-refractivity contribution is 6.18. The second-order valence-electron chi connectivity index (χ2n) is 8.99. The first-order valence-corrected chi connectivity index (χ1v) is 12.1. The molecule has 0 saturated carbocycles. The molecule has 0 atom stereocenters. The molecule has 0 radical (unpaired) electrons. The van der Waals surface area contributed by atoms with Crippen molar-refractivity contribution < 1.29 is 4.42 Å². The Morgan fingerprint density at radius 1 is 0.649 bits per heavy atom. The lowest BCUT2D eigenvalue weighted by atomic mass is 10.1. The van der Waals surface area contributed by atoms with Crippen LogP contribution >= 0.6 is 0 Å². The topological polar surface area (TPSA) is 61.7 Å². The summed E-state index contributed by atoms with van der Waals surface area (Å²) in [5, 5.41) is 3.44. The van der Waals surface area contributed by atoms with Crippen LogP contribution in [0.4, 0.5) is 0 Å². The fraction of sp³-hybridized carbons (Fsp3) is 0. The lowest BCUT2D eigenvalue weighted by Crippen LogP contribution is -2.03. The van der Waals surface area contributed by atoms with Crippen LogP contribution in [0, 0.1) is 0 Å². The summed E-state index contributed by atoms with van der Waals surface area (Å²) in [5.74, 6) is 0.584. The van der Waals surface area contributed by atoms with Gasteiger partial charge < -0.3 is 8.98 Å². The molecule has 0 saturated heterocycles. The normalized spacial score (nSPS) is 11.8. The molecule has 6 heteroatoms. The number of furan rings is 1. The van der Waals surface area contributed by atoms with E-state index in [9.17, 15) is 0 Å². The van der Waals surface area contributed by atoms with E-state index < -0.39 is 0 Å². The zero-order valence-corrected chi connectivity index (χ0v) is 19.6. The van der Waals surface area contributed by atoms with Gasteiger partial charge in [0.1, 0.15) is 11.2 Å². The van der Waals surface area contributed by atoms with Crippen LogP contribution < -0.4 is 0 Å². The molecule has 0 fully saturated rings. The average Bonchev–Trinajstić information content (AvgIpc) is 3.69. The molecule has 8 rings (SSSR count). The highest BCUT2D eigenvalue weighted by Crippen LogP contribution is 2.38. The molecule has 5 heterocycles. The van der Waals surface area contributed by atoms with Gasteiger partial charge in [-0.1, -0.05) is 48.5 Å². The van der Waals surface area contributed by atoms with E-state index in [1.54, 1.807) is 12.5 Å². The van der Waals surface area contributed by atoms with Crippen molar-refractivity contribution in [2.24, 2.45) is 0 Å². The van der Waals surface area contributed by atoms with E-state index in [2.05, 4.69) is 87.0 Å². The lowest BCUT2D eigenvalue weighted by Gasteiger charge is -2.10. The van der Waals surface area contributed by atoms with Gasteiger partial charge >= 0.3 is 0 Å². The Morgan fingerprint density at radius 3 is 2.41 bits per heavy atom. The van der Waals surface area contributed by atoms with Gasteiger partial charge in [-0.05, 0) is 42.5 Å². The van der Waals surface area contributed by atoms with Crippen LogP contribution in [0.1, 0.15) is 0 Å². The minimum absolute atomic E-state index is 0.584. The molecule has 3 aromatic carbocycles. The largest absolute Gasteiger partial charge is 0.460 e. The molecule has 0 N–H and O–H groups in total. The summed E-state index contributed by atoms with van der Waals surface area (Å²) in [6.45, 7) is 0. The van der Waals surface area contributed by atoms with Crippen molar-refractivity contribution in [1.82, 2.24) is 24.1 Å². The van der Waals surface area contributed by atoms with E-state index in [-0.39, 0.29) is 0 Å². The molecule has 8 aromatic rings. The summed E-state index contributed by atoms with van der Waals surface area (Å²) in [4.78, 5) is 14.6. The lowest BCUT2D eigenvalue weighted by molar-refractivity contribution is 0.614. The first kappa shape index (κ1) is 20.0. The Bertz CT molecular complexity index is 2090. The molecule has 37 heavy (non-hydrogen) atoms. The maximum atomic E-state index is 5.80. The van der Waals surface area contributed by atoms with Gasteiger partial charge in [-0.25, -0.2) is 9.97 Å². The summed E-state index contributed by atoms with van der Waals surface area (Å²) < 4.78 is 10.2. The quantitative estimate of drug-likeness (QED) is 0.267. The predicted molar refractivity (Wildman–Crippen MR) is 146 cm³/mol. The number of aromatic nitrogens is 5. The van der Waals surface area contributed by atoms with Crippen molar-refractivity contribution in [3.8, 4) is 23.0 Å². The molecule has 0 bridgehead atoms. The second kappa shape index (κ2) is 7.63. The van der Waals surface area contributed by atoms with Gasteiger partial charge in [-0.15, -0.1) is 0 Å². The minimum atomic E-state index is 0.584. The Balaban J connectivity index is 1.50. The molecule has 6 nitrogen and oxygen atoms in total. The standard InChI is InChI=1S/C31H19N5O/c1-2-8-20(9-3-1)35-18-15-23-26(35)14-13-22-21-10-4-5-12-27(21)36(29(22)23)31-33-25-16-19-37-30(25)28(34-31)24-11-6-7-17-32-24/h1-19H. The number of pyridine rings is 1. The van der Waals surface area contributed by atoms with Gasteiger partial charge in [0.25, 0.3) is 0 Å². The van der Waals surface area contributed by atoms with E-state index in [0.717, 1.165) is 49.6 Å². The van der Waals surface area contributed by atoms with Gasteiger partial charge in [0, 0.05) is 40.3 Å². The number of benzene rings is 3. The number of nitrogens with zero attached hydrogens (tertiary/aromatic N) is 5. The molecule has 0 unspecified atom stereocenters. The Kier molecular flexibility index (Phi) is 4.13. The van der Waals surface area contributed by atoms with Crippen molar-refractivity contribution in [2.75, 3.05) is 0 Å². The van der Waals surface area contributed by atoms with Crippen molar-refractivity contribution in [3.63, 3.8) is 0 Å². The summed E-state index contributed by atoms with van der Waals surface area (Å²) in [6, 6.07) is 33.0. The first-order chi connectivity index (χ1) is 18.4. The van der Waals surface area contributed by atoms with Crippen molar-refractivity contribution in [1.29, 1.82) is 0 Å². The third-order valence-electron chi connectivity index (χ3n) is 6.94. The summed E-state index contributed by atoms with van der Waals surface area (Å²) in [7, 11) is 0. The van der Waals surface area contributed by atoms with E-state index in [1.807, 2.05) is 30.3 Å². The van der Waals surface area contributed by atoms with Gasteiger partial charge in [0.15, 0.2) is 5.58 Å². The molecule has 0 aliphatic heterocycles. The third kappa shape index (κ3) is 2.90. The molecule has 0 aliphatic carbocycles. The number of para-hydroxylation sites is 2. The molecule has 0 aliphatic rings. The van der Waals surface area contributed by atoms with Crippen molar-refractivity contribution in [3.05, 3.63) is 116 Å².